The quantitative estimate of drug-likeness (QED) is 0.708. The van der Waals surface area contributed by atoms with Crippen LogP contribution in [0.15, 0.2) is 47.8 Å². The van der Waals surface area contributed by atoms with Crippen LogP contribution in [0.4, 0.5) is 5.69 Å². The van der Waals surface area contributed by atoms with E-state index in [0.717, 1.165) is 16.3 Å². The SMILES string of the molecule is COc1ccc(NC(=O)c2csc(-c3ccc(OC)c(OC)c3)n2)cc1. The molecule has 0 aliphatic heterocycles. The number of anilines is 1. The van der Waals surface area contributed by atoms with Gasteiger partial charge in [0.15, 0.2) is 11.5 Å². The maximum absolute atomic E-state index is 12.4. The maximum Gasteiger partial charge on any atom is 0.275 e. The van der Waals surface area contributed by atoms with Crippen LogP contribution in [0.1, 0.15) is 10.5 Å². The van der Waals surface area contributed by atoms with Crippen molar-refractivity contribution in [2.24, 2.45) is 0 Å². The molecule has 2 aromatic carbocycles. The van der Waals surface area contributed by atoms with Gasteiger partial charge in [0, 0.05) is 16.6 Å². The minimum Gasteiger partial charge on any atom is -0.497 e. The summed E-state index contributed by atoms with van der Waals surface area (Å²) in [6.07, 6.45) is 0. The smallest absolute Gasteiger partial charge is 0.275 e. The third kappa shape index (κ3) is 3.78. The number of benzene rings is 2. The van der Waals surface area contributed by atoms with Crippen LogP contribution in [-0.4, -0.2) is 32.2 Å². The van der Waals surface area contributed by atoms with Gasteiger partial charge in [-0.25, -0.2) is 4.98 Å². The molecule has 0 saturated carbocycles. The van der Waals surface area contributed by atoms with Crippen molar-refractivity contribution in [3.8, 4) is 27.8 Å². The minimum absolute atomic E-state index is 0.266. The van der Waals surface area contributed by atoms with Crippen LogP contribution in [0.5, 0.6) is 17.2 Å². The summed E-state index contributed by atoms with van der Waals surface area (Å²) in [6.45, 7) is 0. The van der Waals surface area contributed by atoms with Gasteiger partial charge in [0.25, 0.3) is 5.91 Å². The van der Waals surface area contributed by atoms with E-state index in [1.165, 1.54) is 11.3 Å². The van der Waals surface area contributed by atoms with Crippen LogP contribution >= 0.6 is 11.3 Å². The lowest BCUT2D eigenvalue weighted by atomic mass is 10.2. The van der Waals surface area contributed by atoms with Gasteiger partial charge in [0.05, 0.1) is 21.3 Å². The van der Waals surface area contributed by atoms with E-state index in [1.807, 2.05) is 18.2 Å². The first-order valence-corrected chi connectivity index (χ1v) is 8.66. The molecule has 3 rings (SSSR count). The number of carbonyl (C=O) groups excluding carboxylic acids is 1. The minimum atomic E-state index is -0.266. The first kappa shape index (κ1) is 17.8. The molecule has 0 aliphatic carbocycles. The molecule has 134 valence electrons. The summed E-state index contributed by atoms with van der Waals surface area (Å²) >= 11 is 1.39. The predicted octanol–water partition coefficient (Wildman–Crippen LogP) is 4.09. The number of nitrogens with one attached hydrogen (secondary N) is 1. The van der Waals surface area contributed by atoms with Crippen molar-refractivity contribution in [2.75, 3.05) is 26.6 Å². The molecule has 3 aromatic rings. The normalized spacial score (nSPS) is 10.3. The molecule has 0 radical (unpaired) electrons. The molecule has 0 spiro atoms. The number of hydrogen-bond acceptors (Lipinski definition) is 6. The third-order valence-corrected chi connectivity index (χ3v) is 4.61. The van der Waals surface area contributed by atoms with Gasteiger partial charge in [-0.1, -0.05) is 0 Å². The van der Waals surface area contributed by atoms with Crippen LogP contribution in [0.2, 0.25) is 0 Å². The summed E-state index contributed by atoms with van der Waals surface area (Å²) in [6, 6.07) is 12.6. The van der Waals surface area contributed by atoms with Crippen molar-refractivity contribution >= 4 is 22.9 Å². The van der Waals surface area contributed by atoms with Crippen LogP contribution in [0, 0.1) is 0 Å². The van der Waals surface area contributed by atoms with Gasteiger partial charge in [-0.15, -0.1) is 11.3 Å². The third-order valence-electron chi connectivity index (χ3n) is 3.72. The lowest BCUT2D eigenvalue weighted by molar-refractivity contribution is 0.102. The highest BCUT2D eigenvalue weighted by Crippen LogP contribution is 2.33. The van der Waals surface area contributed by atoms with Crippen LogP contribution in [-0.2, 0) is 0 Å². The summed E-state index contributed by atoms with van der Waals surface area (Å²) in [5.74, 6) is 1.72. The summed E-state index contributed by atoms with van der Waals surface area (Å²) < 4.78 is 15.7. The number of hydrogen-bond donors (Lipinski definition) is 1. The molecule has 1 amide bonds. The van der Waals surface area contributed by atoms with Crippen molar-refractivity contribution in [1.82, 2.24) is 4.98 Å². The molecule has 0 unspecified atom stereocenters. The largest absolute Gasteiger partial charge is 0.497 e. The van der Waals surface area contributed by atoms with Gasteiger partial charge in [0.2, 0.25) is 0 Å². The number of carbonyl (C=O) groups is 1. The number of amides is 1. The van der Waals surface area contributed by atoms with Crippen molar-refractivity contribution in [2.45, 2.75) is 0 Å². The second-order valence-electron chi connectivity index (χ2n) is 5.29. The monoisotopic (exact) mass is 370 g/mol. The lowest BCUT2D eigenvalue weighted by Crippen LogP contribution is -2.12. The van der Waals surface area contributed by atoms with Gasteiger partial charge in [0.1, 0.15) is 16.5 Å². The van der Waals surface area contributed by atoms with Gasteiger partial charge in [-0.05, 0) is 42.5 Å². The summed E-state index contributed by atoms with van der Waals surface area (Å²) in [4.78, 5) is 16.8. The van der Waals surface area contributed by atoms with Crippen LogP contribution in [0.25, 0.3) is 10.6 Å². The summed E-state index contributed by atoms with van der Waals surface area (Å²) in [5.41, 5.74) is 1.89. The molecule has 1 heterocycles. The van der Waals surface area contributed by atoms with Gasteiger partial charge in [-0.3, -0.25) is 4.79 Å². The molecule has 0 aliphatic rings. The molecule has 1 N–H and O–H groups in total. The highest BCUT2D eigenvalue weighted by Gasteiger charge is 2.14. The second kappa shape index (κ2) is 7.88. The molecule has 0 saturated heterocycles. The van der Waals surface area contributed by atoms with Gasteiger partial charge < -0.3 is 19.5 Å². The Bertz CT molecular complexity index is 906. The first-order valence-electron chi connectivity index (χ1n) is 7.78. The van der Waals surface area contributed by atoms with Crippen LogP contribution in [0.3, 0.4) is 0 Å². The summed E-state index contributed by atoms with van der Waals surface area (Å²) in [7, 11) is 4.76. The topological polar surface area (TPSA) is 69.7 Å². The first-order chi connectivity index (χ1) is 12.6. The molecule has 7 heteroatoms. The van der Waals surface area contributed by atoms with E-state index < -0.39 is 0 Å². The zero-order valence-electron chi connectivity index (χ0n) is 14.6. The van der Waals surface area contributed by atoms with E-state index in [0.29, 0.717) is 22.9 Å². The average molecular weight is 370 g/mol. The molecular formula is C19H18N2O4S. The van der Waals surface area contributed by atoms with E-state index in [4.69, 9.17) is 14.2 Å². The van der Waals surface area contributed by atoms with Crippen molar-refractivity contribution in [1.29, 1.82) is 0 Å². The van der Waals surface area contributed by atoms with E-state index in [-0.39, 0.29) is 5.91 Å². The predicted molar refractivity (Wildman–Crippen MR) is 102 cm³/mol. The van der Waals surface area contributed by atoms with E-state index in [2.05, 4.69) is 10.3 Å². The van der Waals surface area contributed by atoms with Crippen LogP contribution < -0.4 is 19.5 Å². The van der Waals surface area contributed by atoms with E-state index in [1.54, 1.807) is 51.0 Å². The molecule has 0 bridgehead atoms. The molecule has 26 heavy (non-hydrogen) atoms. The average Bonchev–Trinajstić information content (AvgIpc) is 3.18. The standard InChI is InChI=1S/C19H18N2O4S/c1-23-14-7-5-13(6-8-14)20-18(22)15-11-26-19(21-15)12-4-9-16(24-2)17(10-12)25-3/h4-11H,1-3H3,(H,20,22). The van der Waals surface area contributed by atoms with Crippen molar-refractivity contribution in [3.05, 3.63) is 53.5 Å². The Morgan fingerprint density at radius 2 is 1.69 bits per heavy atom. The molecule has 0 fully saturated rings. The number of aromatic nitrogens is 1. The van der Waals surface area contributed by atoms with Gasteiger partial charge in [-0.2, -0.15) is 0 Å². The Morgan fingerprint density at radius 1 is 0.962 bits per heavy atom. The fourth-order valence-corrected chi connectivity index (χ4v) is 3.15. The molecule has 1 aromatic heterocycles. The number of rotatable bonds is 6. The zero-order valence-corrected chi connectivity index (χ0v) is 15.4. The number of ether oxygens (including phenoxy) is 3. The van der Waals surface area contributed by atoms with Gasteiger partial charge >= 0.3 is 0 Å². The molecule has 6 nitrogen and oxygen atoms in total. The zero-order chi connectivity index (χ0) is 18.5. The fourth-order valence-electron chi connectivity index (χ4n) is 2.35. The highest BCUT2D eigenvalue weighted by atomic mass is 32.1. The Hall–Kier alpha value is -3.06. The summed E-state index contributed by atoms with van der Waals surface area (Å²) in [5, 5.41) is 5.27. The Labute approximate surface area is 155 Å². The highest BCUT2D eigenvalue weighted by molar-refractivity contribution is 7.13. The Kier molecular flexibility index (Phi) is 5.38. The Morgan fingerprint density at radius 3 is 2.35 bits per heavy atom. The van der Waals surface area contributed by atoms with Crippen molar-refractivity contribution < 1.29 is 19.0 Å². The number of thiazole rings is 1. The molecular weight excluding hydrogens is 352 g/mol. The lowest BCUT2D eigenvalue weighted by Gasteiger charge is -2.08. The maximum atomic E-state index is 12.4. The fraction of sp³-hybridized carbons (Fsp3) is 0.158. The second-order valence-corrected chi connectivity index (χ2v) is 6.15. The number of methoxy groups -OCH3 is 3. The Balaban J connectivity index is 1.77. The van der Waals surface area contributed by atoms with Crippen molar-refractivity contribution in [3.63, 3.8) is 0 Å². The van der Waals surface area contributed by atoms with E-state index >= 15 is 0 Å². The molecule has 0 atom stereocenters. The van der Waals surface area contributed by atoms with E-state index in [9.17, 15) is 4.79 Å². The number of nitrogens with zero attached hydrogens (tertiary/aromatic N) is 1.